The van der Waals surface area contributed by atoms with Crippen molar-refractivity contribution in [1.29, 1.82) is 0 Å². The van der Waals surface area contributed by atoms with Gasteiger partial charge in [-0.2, -0.15) is 0 Å². The molecule has 0 saturated heterocycles. The lowest BCUT2D eigenvalue weighted by molar-refractivity contribution is 0.0690. The molecule has 3 rings (SSSR count). The van der Waals surface area contributed by atoms with Gasteiger partial charge in [0, 0.05) is 16.1 Å². The van der Waals surface area contributed by atoms with Gasteiger partial charge in [0.15, 0.2) is 5.69 Å². The van der Waals surface area contributed by atoms with E-state index in [9.17, 15) is 4.79 Å². The summed E-state index contributed by atoms with van der Waals surface area (Å²) in [7, 11) is 0. The minimum absolute atomic E-state index is 0.115. The lowest BCUT2D eigenvalue weighted by Crippen LogP contribution is -2.04. The van der Waals surface area contributed by atoms with E-state index in [2.05, 4.69) is 36.2 Å². The van der Waals surface area contributed by atoms with Gasteiger partial charge in [-0.3, -0.25) is 9.97 Å². The Bertz CT molecular complexity index is 838. The number of aromatic nitrogens is 3. The maximum atomic E-state index is 10.9. The number of hydrogen-bond donors (Lipinski definition) is 2. The molecule has 0 amide bonds. The third-order valence-electron chi connectivity index (χ3n) is 2.79. The van der Waals surface area contributed by atoms with Gasteiger partial charge in [-0.15, -0.1) is 0 Å². The molecule has 0 atom stereocenters. The van der Waals surface area contributed by atoms with Crippen LogP contribution in [-0.4, -0.2) is 26.0 Å². The molecule has 1 aromatic carbocycles. The second-order valence-corrected chi connectivity index (χ2v) is 5.17. The standard InChI is InChI=1S/C14H9BrN4O2/c15-9-4-8-2-1-3-10(13(8)17-5-9)18-12-7-16-6-11(19-12)14(20)21/h1-7H,(H,18,19)(H,20,21). The number of carbonyl (C=O) groups is 1. The number of benzene rings is 1. The summed E-state index contributed by atoms with van der Waals surface area (Å²) in [6.45, 7) is 0. The summed E-state index contributed by atoms with van der Waals surface area (Å²) in [4.78, 5) is 23.1. The van der Waals surface area contributed by atoms with Gasteiger partial charge < -0.3 is 10.4 Å². The van der Waals surface area contributed by atoms with Gasteiger partial charge >= 0.3 is 5.97 Å². The van der Waals surface area contributed by atoms with Crippen molar-refractivity contribution in [2.45, 2.75) is 0 Å². The molecule has 0 fully saturated rings. The molecule has 0 unspecified atom stereocenters. The number of carboxylic acids is 1. The second kappa shape index (κ2) is 5.45. The first-order valence-corrected chi connectivity index (χ1v) is 6.79. The summed E-state index contributed by atoms with van der Waals surface area (Å²) in [6.07, 6.45) is 4.36. The summed E-state index contributed by atoms with van der Waals surface area (Å²) < 4.78 is 0.889. The van der Waals surface area contributed by atoms with E-state index < -0.39 is 5.97 Å². The number of hydrogen-bond acceptors (Lipinski definition) is 5. The summed E-state index contributed by atoms with van der Waals surface area (Å²) in [6, 6.07) is 7.62. The van der Waals surface area contributed by atoms with Crippen LogP contribution >= 0.6 is 15.9 Å². The molecule has 0 aliphatic rings. The quantitative estimate of drug-likeness (QED) is 0.758. The van der Waals surface area contributed by atoms with E-state index in [4.69, 9.17) is 5.11 Å². The molecule has 0 aliphatic heterocycles. The minimum atomic E-state index is -1.12. The number of rotatable bonds is 3. The summed E-state index contributed by atoms with van der Waals surface area (Å²) in [5, 5.41) is 12.9. The number of halogens is 1. The van der Waals surface area contributed by atoms with Gasteiger partial charge in [0.05, 0.1) is 23.6 Å². The van der Waals surface area contributed by atoms with Crippen LogP contribution in [0.1, 0.15) is 10.5 Å². The molecule has 6 nitrogen and oxygen atoms in total. The topological polar surface area (TPSA) is 88.0 Å². The van der Waals surface area contributed by atoms with Gasteiger partial charge in [-0.25, -0.2) is 9.78 Å². The van der Waals surface area contributed by atoms with Crippen molar-refractivity contribution in [3.8, 4) is 0 Å². The van der Waals surface area contributed by atoms with Crippen molar-refractivity contribution in [3.05, 3.63) is 53.0 Å². The normalized spacial score (nSPS) is 10.5. The van der Waals surface area contributed by atoms with Crippen LogP contribution in [0, 0.1) is 0 Å². The van der Waals surface area contributed by atoms with Gasteiger partial charge in [-0.1, -0.05) is 12.1 Å². The van der Waals surface area contributed by atoms with E-state index in [1.54, 1.807) is 6.20 Å². The average molecular weight is 345 g/mol. The number of pyridine rings is 1. The first-order valence-electron chi connectivity index (χ1n) is 6.00. The molecule has 2 N–H and O–H groups in total. The number of anilines is 2. The molecular weight excluding hydrogens is 336 g/mol. The van der Waals surface area contributed by atoms with Crippen LogP contribution in [0.3, 0.4) is 0 Å². The van der Waals surface area contributed by atoms with E-state index in [1.807, 2.05) is 24.3 Å². The Morgan fingerprint density at radius 3 is 2.90 bits per heavy atom. The van der Waals surface area contributed by atoms with Crippen molar-refractivity contribution < 1.29 is 9.90 Å². The number of aromatic carboxylic acids is 1. The van der Waals surface area contributed by atoms with Crippen molar-refractivity contribution in [2.75, 3.05) is 5.32 Å². The lowest BCUT2D eigenvalue weighted by atomic mass is 10.2. The Kier molecular flexibility index (Phi) is 3.49. The summed E-state index contributed by atoms with van der Waals surface area (Å²) >= 11 is 3.38. The predicted octanol–water partition coefficient (Wildman–Crippen LogP) is 3.23. The fraction of sp³-hybridized carbons (Fsp3) is 0. The van der Waals surface area contributed by atoms with Crippen LogP contribution < -0.4 is 5.32 Å². The monoisotopic (exact) mass is 344 g/mol. The van der Waals surface area contributed by atoms with E-state index >= 15 is 0 Å². The summed E-state index contributed by atoms with van der Waals surface area (Å²) in [5.74, 6) is -0.766. The zero-order chi connectivity index (χ0) is 14.8. The molecule has 0 aliphatic carbocycles. The zero-order valence-electron chi connectivity index (χ0n) is 10.6. The molecule has 0 bridgehead atoms. The number of para-hydroxylation sites is 1. The molecule has 0 radical (unpaired) electrons. The van der Waals surface area contributed by atoms with Gasteiger partial charge in [-0.05, 0) is 28.1 Å². The lowest BCUT2D eigenvalue weighted by Gasteiger charge is -2.08. The Morgan fingerprint density at radius 2 is 2.10 bits per heavy atom. The van der Waals surface area contributed by atoms with E-state index in [0.29, 0.717) is 5.82 Å². The molecule has 104 valence electrons. The molecule has 2 heterocycles. The zero-order valence-corrected chi connectivity index (χ0v) is 12.2. The highest BCUT2D eigenvalue weighted by atomic mass is 79.9. The van der Waals surface area contributed by atoms with Gasteiger partial charge in [0.25, 0.3) is 0 Å². The fourth-order valence-corrected chi connectivity index (χ4v) is 2.25. The smallest absolute Gasteiger partial charge is 0.356 e. The molecule has 21 heavy (non-hydrogen) atoms. The van der Waals surface area contributed by atoms with E-state index in [-0.39, 0.29) is 5.69 Å². The Balaban J connectivity index is 2.02. The van der Waals surface area contributed by atoms with Crippen LogP contribution in [0.15, 0.2) is 47.3 Å². The number of carboxylic acid groups (broad SMARTS) is 1. The molecule has 2 aromatic heterocycles. The number of nitrogens with one attached hydrogen (secondary N) is 1. The van der Waals surface area contributed by atoms with E-state index in [0.717, 1.165) is 21.1 Å². The van der Waals surface area contributed by atoms with Crippen molar-refractivity contribution in [1.82, 2.24) is 15.0 Å². The Hall–Kier alpha value is -2.54. The van der Waals surface area contributed by atoms with Gasteiger partial charge in [0.2, 0.25) is 0 Å². The van der Waals surface area contributed by atoms with Crippen LogP contribution in [0.2, 0.25) is 0 Å². The van der Waals surface area contributed by atoms with Crippen molar-refractivity contribution >= 4 is 44.3 Å². The van der Waals surface area contributed by atoms with Crippen LogP contribution in [0.5, 0.6) is 0 Å². The maximum Gasteiger partial charge on any atom is 0.356 e. The molecule has 0 saturated carbocycles. The predicted molar refractivity (Wildman–Crippen MR) is 81.7 cm³/mol. The maximum absolute atomic E-state index is 10.9. The largest absolute Gasteiger partial charge is 0.476 e. The molecular formula is C14H9BrN4O2. The number of nitrogens with zero attached hydrogens (tertiary/aromatic N) is 3. The van der Waals surface area contributed by atoms with Crippen LogP contribution in [0.4, 0.5) is 11.5 Å². The van der Waals surface area contributed by atoms with E-state index in [1.165, 1.54) is 12.4 Å². The van der Waals surface area contributed by atoms with Crippen molar-refractivity contribution in [3.63, 3.8) is 0 Å². The number of fused-ring (bicyclic) bond motifs is 1. The second-order valence-electron chi connectivity index (χ2n) is 4.25. The Morgan fingerprint density at radius 1 is 1.24 bits per heavy atom. The highest BCUT2D eigenvalue weighted by Crippen LogP contribution is 2.25. The summed E-state index contributed by atoms with van der Waals surface area (Å²) in [5.41, 5.74) is 1.39. The Labute approximate surface area is 128 Å². The van der Waals surface area contributed by atoms with Crippen molar-refractivity contribution in [2.24, 2.45) is 0 Å². The highest BCUT2D eigenvalue weighted by Gasteiger charge is 2.08. The molecule has 7 heteroatoms. The third-order valence-corrected chi connectivity index (χ3v) is 3.23. The first kappa shape index (κ1) is 13.4. The SMILES string of the molecule is O=C(O)c1cncc(Nc2cccc3cc(Br)cnc23)n1. The molecule has 3 aromatic rings. The molecule has 0 spiro atoms. The van der Waals surface area contributed by atoms with Gasteiger partial charge in [0.1, 0.15) is 5.82 Å². The average Bonchev–Trinajstić information content (AvgIpc) is 2.47. The highest BCUT2D eigenvalue weighted by molar-refractivity contribution is 9.10. The minimum Gasteiger partial charge on any atom is -0.476 e. The third kappa shape index (κ3) is 2.82. The van der Waals surface area contributed by atoms with Crippen LogP contribution in [-0.2, 0) is 0 Å². The fourth-order valence-electron chi connectivity index (χ4n) is 1.90. The van der Waals surface area contributed by atoms with Crippen LogP contribution in [0.25, 0.3) is 10.9 Å². The first-order chi connectivity index (χ1) is 10.1.